The summed E-state index contributed by atoms with van der Waals surface area (Å²) in [6, 6.07) is 0. The number of nitrogens with zero attached hydrogens (tertiary/aromatic N) is 1. The second-order valence-corrected chi connectivity index (χ2v) is 4.36. The predicted molar refractivity (Wildman–Crippen MR) is 55.1 cm³/mol. The number of amides is 2. The van der Waals surface area contributed by atoms with Gasteiger partial charge in [0.05, 0.1) is 5.41 Å². The zero-order valence-corrected chi connectivity index (χ0v) is 9.43. The molecule has 0 bridgehead atoms. The molecule has 0 aromatic heterocycles. The SMILES string of the molecule is CCC1(C)CC(=O)N(CCCCl)C1=O. The zero-order chi connectivity index (χ0) is 10.8. The van der Waals surface area contributed by atoms with Gasteiger partial charge >= 0.3 is 0 Å². The largest absolute Gasteiger partial charge is 0.282 e. The number of alkyl halides is 1. The van der Waals surface area contributed by atoms with Crippen LogP contribution in [0.15, 0.2) is 0 Å². The van der Waals surface area contributed by atoms with E-state index < -0.39 is 5.41 Å². The molecule has 0 aromatic rings. The van der Waals surface area contributed by atoms with Crippen LogP contribution in [0.4, 0.5) is 0 Å². The average molecular weight is 218 g/mol. The Labute approximate surface area is 89.4 Å². The third kappa shape index (κ3) is 1.92. The van der Waals surface area contributed by atoms with Gasteiger partial charge in [-0.05, 0) is 12.8 Å². The quantitative estimate of drug-likeness (QED) is 0.532. The monoisotopic (exact) mass is 217 g/mol. The molecular formula is C10H16ClNO2. The van der Waals surface area contributed by atoms with E-state index >= 15 is 0 Å². The molecule has 0 spiro atoms. The molecule has 3 nitrogen and oxygen atoms in total. The minimum absolute atomic E-state index is 0.0323. The molecule has 80 valence electrons. The second-order valence-electron chi connectivity index (χ2n) is 3.98. The van der Waals surface area contributed by atoms with Crippen LogP contribution in [-0.2, 0) is 9.59 Å². The molecule has 1 saturated heterocycles. The van der Waals surface area contributed by atoms with Crippen LogP contribution in [-0.4, -0.2) is 29.1 Å². The number of likely N-dealkylation sites (tertiary alicyclic amines) is 1. The van der Waals surface area contributed by atoms with Crippen LogP contribution in [0.5, 0.6) is 0 Å². The lowest BCUT2D eigenvalue weighted by molar-refractivity contribution is -0.141. The van der Waals surface area contributed by atoms with Crippen molar-refractivity contribution in [1.29, 1.82) is 0 Å². The first kappa shape index (κ1) is 11.5. The highest BCUT2D eigenvalue weighted by Gasteiger charge is 2.46. The molecule has 2 amide bonds. The molecule has 0 aromatic carbocycles. The van der Waals surface area contributed by atoms with Crippen molar-refractivity contribution in [3.8, 4) is 0 Å². The maximum Gasteiger partial charge on any atom is 0.235 e. The molecular weight excluding hydrogens is 202 g/mol. The predicted octanol–water partition coefficient (Wildman–Crippen LogP) is 1.79. The van der Waals surface area contributed by atoms with Gasteiger partial charge in [-0.15, -0.1) is 11.6 Å². The first-order chi connectivity index (χ1) is 6.55. The van der Waals surface area contributed by atoms with Gasteiger partial charge in [0, 0.05) is 18.8 Å². The highest BCUT2D eigenvalue weighted by atomic mass is 35.5. The van der Waals surface area contributed by atoms with E-state index in [0.29, 0.717) is 25.3 Å². The lowest BCUT2D eigenvalue weighted by Crippen LogP contribution is -2.34. The van der Waals surface area contributed by atoms with Crippen molar-refractivity contribution in [2.45, 2.75) is 33.1 Å². The second kappa shape index (κ2) is 4.30. The van der Waals surface area contributed by atoms with Crippen LogP contribution in [0.2, 0.25) is 0 Å². The summed E-state index contributed by atoms with van der Waals surface area (Å²) in [6.07, 6.45) is 1.75. The van der Waals surface area contributed by atoms with Crippen LogP contribution in [0.3, 0.4) is 0 Å². The molecule has 1 unspecified atom stereocenters. The van der Waals surface area contributed by atoms with Gasteiger partial charge in [0.2, 0.25) is 11.8 Å². The third-order valence-corrected chi connectivity index (χ3v) is 3.17. The Balaban J connectivity index is 2.70. The van der Waals surface area contributed by atoms with Crippen molar-refractivity contribution < 1.29 is 9.59 Å². The van der Waals surface area contributed by atoms with Crippen molar-refractivity contribution in [2.75, 3.05) is 12.4 Å². The van der Waals surface area contributed by atoms with E-state index in [1.165, 1.54) is 4.90 Å². The summed E-state index contributed by atoms with van der Waals surface area (Å²) in [6.45, 7) is 4.26. The number of halogens is 1. The third-order valence-electron chi connectivity index (χ3n) is 2.90. The Kier molecular flexibility index (Phi) is 3.53. The highest BCUT2D eigenvalue weighted by molar-refractivity contribution is 6.17. The van der Waals surface area contributed by atoms with Crippen LogP contribution < -0.4 is 0 Å². The fourth-order valence-electron chi connectivity index (χ4n) is 1.66. The van der Waals surface area contributed by atoms with Gasteiger partial charge < -0.3 is 0 Å². The van der Waals surface area contributed by atoms with Crippen LogP contribution in [0.25, 0.3) is 0 Å². The molecule has 1 fully saturated rings. The van der Waals surface area contributed by atoms with Gasteiger partial charge in [-0.25, -0.2) is 0 Å². The molecule has 1 aliphatic heterocycles. The molecule has 1 heterocycles. The van der Waals surface area contributed by atoms with Crippen LogP contribution >= 0.6 is 11.6 Å². The Morgan fingerprint density at radius 3 is 2.57 bits per heavy atom. The van der Waals surface area contributed by atoms with Gasteiger partial charge in [-0.1, -0.05) is 13.8 Å². The Hall–Kier alpha value is -0.570. The van der Waals surface area contributed by atoms with E-state index in [4.69, 9.17) is 11.6 Å². The van der Waals surface area contributed by atoms with Crippen LogP contribution in [0, 0.1) is 5.41 Å². The number of carbonyl (C=O) groups is 2. The molecule has 1 rings (SSSR count). The van der Waals surface area contributed by atoms with Crippen molar-refractivity contribution in [3.05, 3.63) is 0 Å². The fourth-order valence-corrected chi connectivity index (χ4v) is 1.78. The summed E-state index contributed by atoms with van der Waals surface area (Å²) in [7, 11) is 0. The summed E-state index contributed by atoms with van der Waals surface area (Å²) in [4.78, 5) is 24.7. The average Bonchev–Trinajstić information content (AvgIpc) is 2.37. The number of carbonyl (C=O) groups excluding carboxylic acids is 2. The zero-order valence-electron chi connectivity index (χ0n) is 8.68. The molecule has 1 atom stereocenters. The first-order valence-corrected chi connectivity index (χ1v) is 5.49. The van der Waals surface area contributed by atoms with E-state index in [1.54, 1.807) is 0 Å². The Morgan fingerprint density at radius 2 is 2.14 bits per heavy atom. The smallest absolute Gasteiger partial charge is 0.235 e. The minimum atomic E-state index is -0.469. The molecule has 1 aliphatic rings. The molecule has 4 heteroatoms. The first-order valence-electron chi connectivity index (χ1n) is 4.96. The maximum atomic E-state index is 11.8. The topological polar surface area (TPSA) is 37.4 Å². The summed E-state index contributed by atoms with van der Waals surface area (Å²) in [5, 5.41) is 0. The van der Waals surface area contributed by atoms with Crippen molar-refractivity contribution in [2.24, 2.45) is 5.41 Å². The molecule has 0 aliphatic carbocycles. The van der Waals surface area contributed by atoms with E-state index in [-0.39, 0.29) is 11.8 Å². The van der Waals surface area contributed by atoms with Crippen molar-refractivity contribution >= 4 is 23.4 Å². The molecule has 0 saturated carbocycles. The Bertz CT molecular complexity index is 255. The number of hydrogen-bond acceptors (Lipinski definition) is 2. The van der Waals surface area contributed by atoms with Crippen molar-refractivity contribution in [1.82, 2.24) is 4.90 Å². The van der Waals surface area contributed by atoms with E-state index in [2.05, 4.69) is 0 Å². The standard InChI is InChI=1S/C10H16ClNO2/c1-3-10(2)7-8(13)12(9(10)14)6-4-5-11/h3-7H2,1-2H3. The summed E-state index contributed by atoms with van der Waals surface area (Å²) in [5.74, 6) is 0.402. The van der Waals surface area contributed by atoms with Crippen LogP contribution in [0.1, 0.15) is 33.1 Å². The van der Waals surface area contributed by atoms with E-state index in [1.807, 2.05) is 13.8 Å². The normalized spacial score (nSPS) is 27.5. The number of hydrogen-bond donors (Lipinski definition) is 0. The maximum absolute atomic E-state index is 11.8. The summed E-state index contributed by atoms with van der Waals surface area (Å²) in [5.41, 5.74) is -0.469. The number of rotatable bonds is 4. The van der Waals surface area contributed by atoms with Gasteiger partial charge in [-0.3, -0.25) is 14.5 Å². The minimum Gasteiger partial charge on any atom is -0.282 e. The summed E-state index contributed by atoms with van der Waals surface area (Å²) >= 11 is 5.53. The highest BCUT2D eigenvalue weighted by Crippen LogP contribution is 2.35. The molecule has 0 radical (unpaired) electrons. The lowest BCUT2D eigenvalue weighted by Gasteiger charge is -2.19. The van der Waals surface area contributed by atoms with Gasteiger partial charge in [0.25, 0.3) is 0 Å². The molecule has 0 N–H and O–H groups in total. The van der Waals surface area contributed by atoms with E-state index in [9.17, 15) is 9.59 Å². The number of imide groups is 1. The lowest BCUT2D eigenvalue weighted by atomic mass is 9.86. The van der Waals surface area contributed by atoms with Crippen molar-refractivity contribution in [3.63, 3.8) is 0 Å². The Morgan fingerprint density at radius 1 is 1.50 bits per heavy atom. The van der Waals surface area contributed by atoms with Gasteiger partial charge in [-0.2, -0.15) is 0 Å². The van der Waals surface area contributed by atoms with E-state index in [0.717, 1.165) is 6.42 Å². The van der Waals surface area contributed by atoms with Gasteiger partial charge in [0.15, 0.2) is 0 Å². The summed E-state index contributed by atoms with van der Waals surface area (Å²) < 4.78 is 0. The van der Waals surface area contributed by atoms with Gasteiger partial charge in [0.1, 0.15) is 0 Å². The fraction of sp³-hybridized carbons (Fsp3) is 0.800. The molecule has 14 heavy (non-hydrogen) atoms.